The zero-order valence-electron chi connectivity index (χ0n) is 11.2. The first-order valence-corrected chi connectivity index (χ1v) is 5.84. The highest BCUT2D eigenvalue weighted by molar-refractivity contribution is 6.00. The van der Waals surface area contributed by atoms with Gasteiger partial charge in [0, 0.05) is 33.0 Å². The van der Waals surface area contributed by atoms with Crippen LogP contribution in [-0.2, 0) is 7.05 Å². The van der Waals surface area contributed by atoms with Gasteiger partial charge in [0.2, 0.25) is 0 Å². The zero-order valence-corrected chi connectivity index (χ0v) is 11.2. The molecule has 0 unspecified atom stereocenters. The van der Waals surface area contributed by atoms with Gasteiger partial charge in [0.15, 0.2) is 0 Å². The van der Waals surface area contributed by atoms with E-state index in [2.05, 4.69) is 10.4 Å². The summed E-state index contributed by atoms with van der Waals surface area (Å²) in [7, 11) is 5.26. The Morgan fingerprint density at radius 1 is 1.42 bits per heavy atom. The normalized spacial score (nSPS) is 10.3. The lowest BCUT2D eigenvalue weighted by molar-refractivity contribution is 0.0828. The maximum absolute atomic E-state index is 12.1. The van der Waals surface area contributed by atoms with E-state index in [-0.39, 0.29) is 5.91 Å². The van der Waals surface area contributed by atoms with Gasteiger partial charge in [-0.3, -0.25) is 9.48 Å². The molecule has 0 aliphatic carbocycles. The van der Waals surface area contributed by atoms with Crippen LogP contribution < -0.4 is 11.1 Å². The molecular formula is C13H17N5O. The van der Waals surface area contributed by atoms with Gasteiger partial charge in [-0.15, -0.1) is 0 Å². The molecule has 3 N–H and O–H groups in total. The standard InChI is InChI=1S/C13H17N5O/c1-17(2)13(19)11-5-4-9(14)6-12(11)16-10-7-15-18(3)8-10/h4-8,16H,14H2,1-3H3. The molecule has 0 saturated carbocycles. The molecule has 0 fully saturated rings. The van der Waals surface area contributed by atoms with Crippen LogP contribution in [0.5, 0.6) is 0 Å². The number of anilines is 3. The molecular weight excluding hydrogens is 242 g/mol. The van der Waals surface area contributed by atoms with Crippen molar-refractivity contribution in [3.05, 3.63) is 36.2 Å². The highest BCUT2D eigenvalue weighted by Gasteiger charge is 2.14. The Kier molecular flexibility index (Phi) is 3.41. The van der Waals surface area contributed by atoms with E-state index in [1.807, 2.05) is 13.2 Å². The summed E-state index contributed by atoms with van der Waals surface area (Å²) in [6, 6.07) is 5.17. The molecule has 0 radical (unpaired) electrons. The van der Waals surface area contributed by atoms with Crippen LogP contribution in [0.15, 0.2) is 30.6 Å². The summed E-state index contributed by atoms with van der Waals surface area (Å²) >= 11 is 0. The fourth-order valence-electron chi connectivity index (χ4n) is 1.73. The monoisotopic (exact) mass is 259 g/mol. The van der Waals surface area contributed by atoms with Gasteiger partial charge in [-0.05, 0) is 18.2 Å². The van der Waals surface area contributed by atoms with Crippen molar-refractivity contribution < 1.29 is 4.79 Å². The second-order valence-electron chi connectivity index (χ2n) is 4.53. The molecule has 2 aromatic rings. The van der Waals surface area contributed by atoms with E-state index >= 15 is 0 Å². The van der Waals surface area contributed by atoms with Crippen LogP contribution in [0.4, 0.5) is 17.1 Å². The molecule has 0 atom stereocenters. The summed E-state index contributed by atoms with van der Waals surface area (Å²) < 4.78 is 1.68. The van der Waals surface area contributed by atoms with E-state index in [9.17, 15) is 4.79 Å². The minimum atomic E-state index is -0.0774. The Morgan fingerprint density at radius 2 is 2.16 bits per heavy atom. The van der Waals surface area contributed by atoms with Crippen LogP contribution in [0.25, 0.3) is 0 Å². The quantitative estimate of drug-likeness (QED) is 0.818. The highest BCUT2D eigenvalue weighted by Crippen LogP contribution is 2.24. The Labute approximate surface area is 111 Å². The van der Waals surface area contributed by atoms with Crippen molar-refractivity contribution in [1.82, 2.24) is 14.7 Å². The van der Waals surface area contributed by atoms with Crippen molar-refractivity contribution in [1.29, 1.82) is 0 Å². The topological polar surface area (TPSA) is 76.2 Å². The Morgan fingerprint density at radius 3 is 2.74 bits per heavy atom. The number of amides is 1. The SMILES string of the molecule is CN(C)C(=O)c1ccc(N)cc1Nc1cnn(C)c1. The van der Waals surface area contributed by atoms with Gasteiger partial charge < -0.3 is 16.0 Å². The largest absolute Gasteiger partial charge is 0.399 e. The van der Waals surface area contributed by atoms with Gasteiger partial charge in [-0.25, -0.2) is 0 Å². The third-order valence-corrected chi connectivity index (χ3v) is 2.66. The van der Waals surface area contributed by atoms with Crippen molar-refractivity contribution in [2.75, 3.05) is 25.1 Å². The molecule has 0 aliphatic heterocycles. The second-order valence-corrected chi connectivity index (χ2v) is 4.53. The van der Waals surface area contributed by atoms with E-state index in [0.717, 1.165) is 5.69 Å². The van der Waals surface area contributed by atoms with Crippen LogP contribution in [0.2, 0.25) is 0 Å². The molecule has 1 amide bonds. The second kappa shape index (κ2) is 5.01. The molecule has 2 rings (SSSR count). The lowest BCUT2D eigenvalue weighted by Crippen LogP contribution is -2.22. The highest BCUT2D eigenvalue weighted by atomic mass is 16.2. The molecule has 6 heteroatoms. The number of carbonyl (C=O) groups excluding carboxylic acids is 1. The number of benzene rings is 1. The lowest BCUT2D eigenvalue weighted by atomic mass is 10.1. The average Bonchev–Trinajstić information content (AvgIpc) is 2.74. The maximum atomic E-state index is 12.1. The predicted molar refractivity (Wildman–Crippen MR) is 75.4 cm³/mol. The number of nitrogens with two attached hydrogens (primary N) is 1. The first kappa shape index (κ1) is 12.9. The van der Waals surface area contributed by atoms with Crippen LogP contribution >= 0.6 is 0 Å². The smallest absolute Gasteiger partial charge is 0.255 e. The minimum absolute atomic E-state index is 0.0774. The van der Waals surface area contributed by atoms with Crippen molar-refractivity contribution in [2.24, 2.45) is 7.05 Å². The van der Waals surface area contributed by atoms with E-state index < -0.39 is 0 Å². The van der Waals surface area contributed by atoms with Crippen LogP contribution in [0.3, 0.4) is 0 Å². The average molecular weight is 259 g/mol. The van der Waals surface area contributed by atoms with Crippen LogP contribution in [-0.4, -0.2) is 34.7 Å². The van der Waals surface area contributed by atoms with E-state index in [1.165, 1.54) is 4.90 Å². The van der Waals surface area contributed by atoms with Crippen molar-refractivity contribution in [3.8, 4) is 0 Å². The number of nitrogens with zero attached hydrogens (tertiary/aromatic N) is 3. The summed E-state index contributed by atoms with van der Waals surface area (Å²) in [4.78, 5) is 13.6. The Hall–Kier alpha value is -2.50. The zero-order chi connectivity index (χ0) is 14.0. The Balaban J connectivity index is 2.37. The van der Waals surface area contributed by atoms with Gasteiger partial charge in [-0.2, -0.15) is 5.10 Å². The number of rotatable bonds is 3. The molecule has 1 aromatic carbocycles. The summed E-state index contributed by atoms with van der Waals surface area (Å²) in [5.41, 5.74) is 8.43. The van der Waals surface area contributed by atoms with E-state index in [1.54, 1.807) is 43.2 Å². The number of hydrogen-bond donors (Lipinski definition) is 2. The van der Waals surface area contributed by atoms with Crippen LogP contribution in [0, 0.1) is 0 Å². The van der Waals surface area contributed by atoms with Crippen LogP contribution in [0.1, 0.15) is 10.4 Å². The summed E-state index contributed by atoms with van der Waals surface area (Å²) in [6.07, 6.45) is 3.51. The predicted octanol–water partition coefficient (Wildman–Crippen LogP) is 1.45. The van der Waals surface area contributed by atoms with Crippen molar-refractivity contribution in [3.63, 3.8) is 0 Å². The maximum Gasteiger partial charge on any atom is 0.255 e. The molecule has 1 aromatic heterocycles. The molecule has 1 heterocycles. The Bertz CT molecular complexity index is 603. The van der Waals surface area contributed by atoms with Crippen molar-refractivity contribution >= 4 is 23.0 Å². The number of aryl methyl sites for hydroxylation is 1. The van der Waals surface area contributed by atoms with E-state index in [0.29, 0.717) is 16.9 Å². The number of carbonyl (C=O) groups is 1. The molecule has 0 aliphatic rings. The molecule has 0 spiro atoms. The molecule has 19 heavy (non-hydrogen) atoms. The van der Waals surface area contributed by atoms with E-state index in [4.69, 9.17) is 5.73 Å². The minimum Gasteiger partial charge on any atom is -0.399 e. The fourth-order valence-corrected chi connectivity index (χ4v) is 1.73. The summed E-state index contributed by atoms with van der Waals surface area (Å²) in [5.74, 6) is -0.0774. The van der Waals surface area contributed by atoms with Gasteiger partial charge in [0.25, 0.3) is 5.91 Å². The number of hydrogen-bond acceptors (Lipinski definition) is 4. The lowest BCUT2D eigenvalue weighted by Gasteiger charge is -2.15. The molecule has 0 saturated heterocycles. The van der Waals surface area contributed by atoms with Gasteiger partial charge in [-0.1, -0.05) is 0 Å². The third kappa shape index (κ3) is 2.85. The van der Waals surface area contributed by atoms with Gasteiger partial charge in [0.05, 0.1) is 23.1 Å². The summed E-state index contributed by atoms with van der Waals surface area (Å²) in [5, 5.41) is 7.23. The van der Waals surface area contributed by atoms with Crippen molar-refractivity contribution in [2.45, 2.75) is 0 Å². The molecule has 100 valence electrons. The van der Waals surface area contributed by atoms with Gasteiger partial charge in [0.1, 0.15) is 0 Å². The third-order valence-electron chi connectivity index (χ3n) is 2.66. The summed E-state index contributed by atoms with van der Waals surface area (Å²) in [6.45, 7) is 0. The molecule has 6 nitrogen and oxygen atoms in total. The fraction of sp³-hybridized carbons (Fsp3) is 0.231. The number of aromatic nitrogens is 2. The number of nitrogens with one attached hydrogen (secondary N) is 1. The molecule has 0 bridgehead atoms. The first-order chi connectivity index (χ1) is 8.97. The number of nitrogen functional groups attached to an aromatic ring is 1. The van der Waals surface area contributed by atoms with Gasteiger partial charge >= 0.3 is 0 Å². The first-order valence-electron chi connectivity index (χ1n) is 5.84.